The van der Waals surface area contributed by atoms with Crippen molar-refractivity contribution in [2.75, 3.05) is 5.32 Å². The highest BCUT2D eigenvalue weighted by atomic mass is 79.9. The lowest BCUT2D eigenvalue weighted by Crippen LogP contribution is -2.27. The molecule has 0 heterocycles. The van der Waals surface area contributed by atoms with Crippen molar-refractivity contribution in [2.45, 2.75) is 25.3 Å². The van der Waals surface area contributed by atoms with Gasteiger partial charge < -0.3 is 5.32 Å². The average molecular weight is 362 g/mol. The zero-order chi connectivity index (χ0) is 14.8. The molecule has 0 aliphatic heterocycles. The van der Waals surface area contributed by atoms with Gasteiger partial charge in [0.25, 0.3) is 0 Å². The fourth-order valence-corrected chi connectivity index (χ4v) is 3.41. The molecule has 0 saturated heterocycles. The van der Waals surface area contributed by atoms with Crippen LogP contribution in [0, 0.1) is 11.3 Å². The van der Waals surface area contributed by atoms with Crippen molar-refractivity contribution < 1.29 is 0 Å². The van der Waals surface area contributed by atoms with E-state index < -0.39 is 0 Å². The van der Waals surface area contributed by atoms with Crippen LogP contribution < -0.4 is 5.32 Å². The SMILES string of the molecule is N#Cc1ccc(NC2CCc3cc(Br)ccc3C2)c(Cl)c1. The lowest BCUT2D eigenvalue weighted by molar-refractivity contribution is 0.610. The standard InChI is InChI=1S/C17H14BrClN2/c18-14-4-2-13-9-15(5-3-12(13)8-14)21-17-6-1-11(10-20)7-16(17)19/h1-2,4,6-8,15,21H,3,5,9H2. The zero-order valence-electron chi connectivity index (χ0n) is 11.4. The summed E-state index contributed by atoms with van der Waals surface area (Å²) in [6.45, 7) is 0. The average Bonchev–Trinajstić information content (AvgIpc) is 2.49. The number of nitrogens with one attached hydrogen (secondary N) is 1. The smallest absolute Gasteiger partial charge is 0.0992 e. The largest absolute Gasteiger partial charge is 0.381 e. The summed E-state index contributed by atoms with van der Waals surface area (Å²) in [4.78, 5) is 0. The van der Waals surface area contributed by atoms with Crippen LogP contribution in [0.2, 0.25) is 5.02 Å². The first kappa shape index (κ1) is 14.4. The van der Waals surface area contributed by atoms with E-state index in [0.717, 1.165) is 29.4 Å². The Bertz CT molecular complexity index is 721. The van der Waals surface area contributed by atoms with Crippen molar-refractivity contribution in [1.29, 1.82) is 5.26 Å². The molecule has 0 amide bonds. The summed E-state index contributed by atoms with van der Waals surface area (Å²) in [5, 5.41) is 13.0. The Balaban J connectivity index is 1.75. The number of nitrogens with zero attached hydrogens (tertiary/aromatic N) is 1. The highest BCUT2D eigenvalue weighted by molar-refractivity contribution is 9.10. The number of rotatable bonds is 2. The Morgan fingerprint density at radius 3 is 2.81 bits per heavy atom. The van der Waals surface area contributed by atoms with Crippen LogP contribution in [-0.2, 0) is 12.8 Å². The van der Waals surface area contributed by atoms with Gasteiger partial charge in [0.15, 0.2) is 0 Å². The summed E-state index contributed by atoms with van der Waals surface area (Å²) in [7, 11) is 0. The summed E-state index contributed by atoms with van der Waals surface area (Å²) in [6, 6.07) is 14.4. The molecule has 0 spiro atoms. The molecule has 2 nitrogen and oxygen atoms in total. The predicted molar refractivity (Wildman–Crippen MR) is 89.7 cm³/mol. The summed E-state index contributed by atoms with van der Waals surface area (Å²) >= 11 is 9.75. The van der Waals surface area contributed by atoms with Crippen molar-refractivity contribution in [3.8, 4) is 6.07 Å². The third-order valence-corrected chi connectivity index (χ3v) is 4.66. The van der Waals surface area contributed by atoms with E-state index in [9.17, 15) is 0 Å². The van der Waals surface area contributed by atoms with E-state index in [1.165, 1.54) is 11.1 Å². The van der Waals surface area contributed by atoms with E-state index >= 15 is 0 Å². The van der Waals surface area contributed by atoms with Gasteiger partial charge in [-0.3, -0.25) is 0 Å². The first-order valence-electron chi connectivity index (χ1n) is 6.89. The van der Waals surface area contributed by atoms with Crippen molar-refractivity contribution >= 4 is 33.2 Å². The van der Waals surface area contributed by atoms with Gasteiger partial charge in [-0.1, -0.05) is 33.6 Å². The molecule has 2 aromatic carbocycles. The fraction of sp³-hybridized carbons (Fsp3) is 0.235. The summed E-state index contributed by atoms with van der Waals surface area (Å²) in [5.74, 6) is 0. The molecule has 1 aliphatic rings. The number of hydrogen-bond donors (Lipinski definition) is 1. The summed E-state index contributed by atoms with van der Waals surface area (Å²) in [5.41, 5.74) is 4.31. The van der Waals surface area contributed by atoms with Crippen molar-refractivity contribution in [2.24, 2.45) is 0 Å². The van der Waals surface area contributed by atoms with Crippen LogP contribution in [-0.4, -0.2) is 6.04 Å². The fourth-order valence-electron chi connectivity index (χ4n) is 2.77. The van der Waals surface area contributed by atoms with Gasteiger partial charge in [-0.25, -0.2) is 0 Å². The Morgan fingerprint density at radius 2 is 2.05 bits per heavy atom. The van der Waals surface area contributed by atoms with Crippen LogP contribution >= 0.6 is 27.5 Å². The van der Waals surface area contributed by atoms with E-state index in [-0.39, 0.29) is 0 Å². The maximum Gasteiger partial charge on any atom is 0.0992 e. The number of anilines is 1. The number of fused-ring (bicyclic) bond motifs is 1. The maximum absolute atomic E-state index is 8.87. The van der Waals surface area contributed by atoms with Crippen LogP contribution in [0.25, 0.3) is 0 Å². The number of hydrogen-bond acceptors (Lipinski definition) is 2. The lowest BCUT2D eigenvalue weighted by Gasteiger charge is -2.27. The van der Waals surface area contributed by atoms with E-state index in [1.807, 2.05) is 6.07 Å². The minimum atomic E-state index is 0.379. The van der Waals surface area contributed by atoms with Crippen LogP contribution in [0.15, 0.2) is 40.9 Å². The molecule has 106 valence electrons. The van der Waals surface area contributed by atoms with Crippen LogP contribution in [0.3, 0.4) is 0 Å². The highest BCUT2D eigenvalue weighted by Gasteiger charge is 2.19. The zero-order valence-corrected chi connectivity index (χ0v) is 13.7. The minimum Gasteiger partial charge on any atom is -0.381 e. The first-order valence-corrected chi connectivity index (χ1v) is 8.06. The first-order chi connectivity index (χ1) is 10.2. The molecule has 0 fully saturated rings. The molecule has 0 bridgehead atoms. The predicted octanol–water partition coefficient (Wildman–Crippen LogP) is 4.94. The van der Waals surface area contributed by atoms with Gasteiger partial charge in [0.2, 0.25) is 0 Å². The molecule has 2 aromatic rings. The van der Waals surface area contributed by atoms with Crippen LogP contribution in [0.4, 0.5) is 5.69 Å². The second-order valence-electron chi connectivity index (χ2n) is 5.30. The number of benzene rings is 2. The van der Waals surface area contributed by atoms with E-state index in [2.05, 4.69) is 45.5 Å². The van der Waals surface area contributed by atoms with E-state index in [0.29, 0.717) is 16.6 Å². The van der Waals surface area contributed by atoms with Crippen LogP contribution in [0.5, 0.6) is 0 Å². The van der Waals surface area contributed by atoms with Gasteiger partial charge in [-0.15, -0.1) is 0 Å². The van der Waals surface area contributed by atoms with Crippen molar-refractivity contribution in [1.82, 2.24) is 0 Å². The maximum atomic E-state index is 8.87. The minimum absolute atomic E-state index is 0.379. The second-order valence-corrected chi connectivity index (χ2v) is 6.63. The Labute approximate surface area is 137 Å². The topological polar surface area (TPSA) is 35.8 Å². The third-order valence-electron chi connectivity index (χ3n) is 3.85. The normalized spacial score (nSPS) is 16.9. The van der Waals surface area contributed by atoms with Crippen molar-refractivity contribution in [3.63, 3.8) is 0 Å². The molecular formula is C17H14BrClN2. The summed E-state index contributed by atoms with van der Waals surface area (Å²) in [6.07, 6.45) is 3.15. The third kappa shape index (κ3) is 3.23. The number of aryl methyl sites for hydroxylation is 1. The summed E-state index contributed by atoms with van der Waals surface area (Å²) < 4.78 is 1.14. The van der Waals surface area contributed by atoms with Gasteiger partial charge in [0.05, 0.1) is 22.3 Å². The van der Waals surface area contributed by atoms with E-state index in [1.54, 1.807) is 12.1 Å². The lowest BCUT2D eigenvalue weighted by atomic mass is 9.88. The van der Waals surface area contributed by atoms with Gasteiger partial charge in [-0.2, -0.15) is 5.26 Å². The molecule has 4 heteroatoms. The highest BCUT2D eigenvalue weighted by Crippen LogP contribution is 2.29. The van der Waals surface area contributed by atoms with Gasteiger partial charge in [0, 0.05) is 10.5 Å². The Hall–Kier alpha value is -1.50. The molecule has 0 aromatic heterocycles. The van der Waals surface area contributed by atoms with Gasteiger partial charge in [-0.05, 0) is 60.7 Å². The monoisotopic (exact) mass is 360 g/mol. The molecule has 3 rings (SSSR count). The van der Waals surface area contributed by atoms with Gasteiger partial charge >= 0.3 is 0 Å². The van der Waals surface area contributed by atoms with Crippen molar-refractivity contribution in [3.05, 3.63) is 62.6 Å². The molecule has 21 heavy (non-hydrogen) atoms. The van der Waals surface area contributed by atoms with E-state index in [4.69, 9.17) is 16.9 Å². The van der Waals surface area contributed by atoms with Gasteiger partial charge in [0.1, 0.15) is 0 Å². The molecule has 0 saturated carbocycles. The molecule has 0 radical (unpaired) electrons. The molecule has 1 unspecified atom stereocenters. The molecular weight excluding hydrogens is 348 g/mol. The van der Waals surface area contributed by atoms with Crippen LogP contribution in [0.1, 0.15) is 23.1 Å². The molecule has 1 aliphatic carbocycles. The number of nitriles is 1. The number of halogens is 2. The molecule has 1 atom stereocenters. The Morgan fingerprint density at radius 1 is 1.19 bits per heavy atom. The Kier molecular flexibility index (Phi) is 4.19. The quantitative estimate of drug-likeness (QED) is 0.822. The second kappa shape index (κ2) is 6.09. The molecule has 1 N–H and O–H groups in total.